The van der Waals surface area contributed by atoms with E-state index in [9.17, 15) is 0 Å². The minimum atomic E-state index is -0.417. The Hall–Kier alpha value is 0.130. The van der Waals surface area contributed by atoms with Gasteiger partial charge in [-0.3, -0.25) is 0 Å². The normalized spacial score (nSPS) is 12.2. The first-order valence-electron chi connectivity index (χ1n) is 2.98. The van der Waals surface area contributed by atoms with Gasteiger partial charge in [0.1, 0.15) is 0 Å². The zero-order valence-corrected chi connectivity index (χ0v) is 5.31. The van der Waals surface area contributed by atoms with Crippen molar-refractivity contribution in [2.75, 3.05) is 0 Å². The van der Waals surface area contributed by atoms with Crippen molar-refractivity contribution in [2.45, 2.75) is 40.3 Å². The molecular formula is C6H16B2. The number of rotatable bonds is 0. The van der Waals surface area contributed by atoms with E-state index in [-0.39, 0.29) is 7.43 Å². The highest BCUT2D eigenvalue weighted by Crippen LogP contribution is 1.84. The van der Waals surface area contributed by atoms with Crippen molar-refractivity contribution in [3.63, 3.8) is 0 Å². The molecule has 46 valence electrons. The predicted molar refractivity (Wildman–Crippen MR) is 43.8 cm³/mol. The lowest BCUT2D eigenvalue weighted by atomic mass is 9.93. The Labute approximate surface area is 58.3 Å². The fraction of sp³-hybridized carbons (Fsp3) is 1.00. The van der Waals surface area contributed by atoms with Gasteiger partial charge in [-0.05, 0) is 0 Å². The molecule has 0 bridgehead atoms. The van der Waals surface area contributed by atoms with Crippen molar-refractivity contribution in [1.29, 1.82) is 0 Å². The highest BCUT2D eigenvalue weighted by atomic mass is 13.6. The standard InChI is InChI=1S/C3H7B.C2H5B.CH4/c1-3(2)4;1-2-3;/h3H,1-2H3;2H2,1H3;1H4/i;2D;. The Morgan fingerprint density at radius 3 is 1.62 bits per heavy atom. The summed E-state index contributed by atoms with van der Waals surface area (Å²) in [6.45, 7) is 5.50. The van der Waals surface area contributed by atoms with Crippen LogP contribution < -0.4 is 0 Å². The van der Waals surface area contributed by atoms with E-state index in [1.54, 1.807) is 6.92 Å². The van der Waals surface area contributed by atoms with Crippen LogP contribution in [0.25, 0.3) is 0 Å². The Morgan fingerprint density at radius 1 is 1.62 bits per heavy atom. The maximum Gasteiger partial charge on any atom is 0.0692 e. The van der Waals surface area contributed by atoms with Crippen molar-refractivity contribution in [2.24, 2.45) is 0 Å². The van der Waals surface area contributed by atoms with Crippen molar-refractivity contribution in [3.8, 4) is 0 Å². The largest absolute Gasteiger partial charge is 0.0915 e. The van der Waals surface area contributed by atoms with Crippen LogP contribution >= 0.6 is 0 Å². The molecule has 0 aliphatic heterocycles. The van der Waals surface area contributed by atoms with E-state index in [0.717, 1.165) is 0 Å². The zero-order chi connectivity index (χ0) is 7.15. The van der Waals surface area contributed by atoms with Crippen LogP contribution in [-0.2, 0) is 0 Å². The molecule has 0 fully saturated rings. The maximum atomic E-state index is 6.36. The number of hydrogen-bond donors (Lipinski definition) is 0. The summed E-state index contributed by atoms with van der Waals surface area (Å²) in [5, 5.41) is 0. The van der Waals surface area contributed by atoms with Crippen molar-refractivity contribution < 1.29 is 1.37 Å². The Balaban J connectivity index is -0.0000000720. The zero-order valence-electron chi connectivity index (χ0n) is 6.31. The highest BCUT2D eigenvalue weighted by Gasteiger charge is 1.68. The average Bonchev–Trinajstić information content (AvgIpc) is 1.25. The minimum Gasteiger partial charge on any atom is -0.0915 e. The molecule has 0 aromatic rings. The summed E-state index contributed by atoms with van der Waals surface area (Å²) in [6.07, 6.45) is -0.417. The first-order chi connectivity index (χ1) is 3.46. The van der Waals surface area contributed by atoms with Gasteiger partial charge in [0.15, 0.2) is 0 Å². The van der Waals surface area contributed by atoms with Gasteiger partial charge in [-0.25, -0.2) is 0 Å². The summed E-state index contributed by atoms with van der Waals surface area (Å²) in [6, 6.07) is 0. The molecule has 8 heavy (non-hydrogen) atoms. The fourth-order valence-electron chi connectivity index (χ4n) is 0. The number of hydrogen-bond acceptors (Lipinski definition) is 0. The predicted octanol–water partition coefficient (Wildman–Crippen LogP) is 2.21. The van der Waals surface area contributed by atoms with Gasteiger partial charge in [0.25, 0.3) is 0 Å². The summed E-state index contributed by atoms with van der Waals surface area (Å²) >= 11 is 0. The summed E-state index contributed by atoms with van der Waals surface area (Å²) in [7, 11) is 9.89. The molecule has 1 unspecified atom stereocenters. The van der Waals surface area contributed by atoms with E-state index >= 15 is 0 Å². The van der Waals surface area contributed by atoms with Gasteiger partial charge in [0.05, 0.1) is 15.7 Å². The molecule has 0 aromatic heterocycles. The highest BCUT2D eigenvalue weighted by molar-refractivity contribution is 6.10. The molecule has 0 aliphatic carbocycles. The first-order valence-corrected chi connectivity index (χ1v) is 2.40. The molecule has 0 N–H and O–H groups in total. The van der Waals surface area contributed by atoms with Crippen LogP contribution in [0.5, 0.6) is 0 Å². The molecule has 0 heterocycles. The van der Waals surface area contributed by atoms with E-state index in [1.807, 2.05) is 13.8 Å². The van der Waals surface area contributed by atoms with Crippen molar-refractivity contribution in [1.82, 2.24) is 0 Å². The molecule has 0 saturated carbocycles. The van der Waals surface area contributed by atoms with Crippen LogP contribution in [-0.4, -0.2) is 15.7 Å². The van der Waals surface area contributed by atoms with Crippen LogP contribution in [0.1, 0.15) is 29.6 Å². The van der Waals surface area contributed by atoms with Gasteiger partial charge in [-0.1, -0.05) is 40.3 Å². The van der Waals surface area contributed by atoms with Gasteiger partial charge in [-0.2, -0.15) is 0 Å². The third-order valence-corrected chi connectivity index (χ3v) is 0. The van der Waals surface area contributed by atoms with E-state index in [2.05, 4.69) is 0 Å². The van der Waals surface area contributed by atoms with Crippen molar-refractivity contribution >= 4 is 15.7 Å². The van der Waals surface area contributed by atoms with Crippen LogP contribution in [0.15, 0.2) is 0 Å². The van der Waals surface area contributed by atoms with Gasteiger partial charge < -0.3 is 0 Å². The monoisotopic (exact) mass is 111 g/mol. The molecular weight excluding hydrogens is 93.7 g/mol. The van der Waals surface area contributed by atoms with Crippen LogP contribution in [0.2, 0.25) is 12.1 Å². The summed E-state index contributed by atoms with van der Waals surface area (Å²) in [5.74, 6) is 0.333. The van der Waals surface area contributed by atoms with Gasteiger partial charge in [0.2, 0.25) is 0 Å². The third-order valence-electron chi connectivity index (χ3n) is 0. The molecule has 1 atom stereocenters. The third kappa shape index (κ3) is 9560. The Kier molecular flexibility index (Phi) is 21.6. The lowest BCUT2D eigenvalue weighted by Crippen LogP contribution is -1.67. The topological polar surface area (TPSA) is 0 Å². The molecule has 0 rings (SSSR count). The maximum absolute atomic E-state index is 6.36. The Morgan fingerprint density at radius 2 is 1.62 bits per heavy atom. The molecule has 0 saturated heterocycles. The molecule has 0 aromatic carbocycles. The van der Waals surface area contributed by atoms with Gasteiger partial charge in [0, 0.05) is 1.37 Å². The molecule has 0 nitrogen and oxygen atoms in total. The van der Waals surface area contributed by atoms with Gasteiger partial charge >= 0.3 is 0 Å². The van der Waals surface area contributed by atoms with Crippen molar-refractivity contribution in [3.05, 3.63) is 0 Å². The fourth-order valence-corrected chi connectivity index (χ4v) is 0. The SMILES string of the molecule is C.[2H]C([B])C.[B]C(C)C. The van der Waals surface area contributed by atoms with Crippen LogP contribution in [0.3, 0.4) is 0 Å². The summed E-state index contributed by atoms with van der Waals surface area (Å²) < 4.78 is 6.36. The second-order valence-electron chi connectivity index (χ2n) is 1.58. The molecule has 0 spiro atoms. The lowest BCUT2D eigenvalue weighted by molar-refractivity contribution is 1.08. The molecule has 2 heteroatoms. The minimum absolute atomic E-state index is 0. The second-order valence-corrected chi connectivity index (χ2v) is 1.58. The molecule has 0 aliphatic rings. The van der Waals surface area contributed by atoms with Crippen LogP contribution in [0, 0.1) is 0 Å². The molecule has 0 amide bonds. The molecule has 4 radical (unpaired) electrons. The average molecular weight is 111 g/mol. The van der Waals surface area contributed by atoms with E-state index in [1.165, 1.54) is 0 Å². The van der Waals surface area contributed by atoms with E-state index in [4.69, 9.17) is 17.1 Å². The lowest BCUT2D eigenvalue weighted by Gasteiger charge is -1.79. The van der Waals surface area contributed by atoms with E-state index < -0.39 is 6.30 Å². The summed E-state index contributed by atoms with van der Waals surface area (Å²) in [4.78, 5) is 0. The smallest absolute Gasteiger partial charge is 0.0692 e. The quantitative estimate of drug-likeness (QED) is 0.420. The van der Waals surface area contributed by atoms with Crippen LogP contribution in [0.4, 0.5) is 0 Å². The van der Waals surface area contributed by atoms with E-state index in [0.29, 0.717) is 5.82 Å². The Bertz CT molecular complexity index is 26.5. The first kappa shape index (κ1) is 11.0. The van der Waals surface area contributed by atoms with Gasteiger partial charge in [-0.15, -0.1) is 0 Å². The summed E-state index contributed by atoms with van der Waals surface area (Å²) in [5.41, 5.74) is 0. The second kappa shape index (κ2) is 15.7.